The van der Waals surface area contributed by atoms with Gasteiger partial charge in [0.05, 0.1) is 5.69 Å². The Kier molecular flexibility index (Phi) is 5.71. The predicted molar refractivity (Wildman–Crippen MR) is 102 cm³/mol. The lowest BCUT2D eigenvalue weighted by atomic mass is 10.2. The van der Waals surface area contributed by atoms with Crippen LogP contribution in [0.3, 0.4) is 0 Å². The molecule has 1 unspecified atom stereocenters. The maximum absolute atomic E-state index is 6.03. The summed E-state index contributed by atoms with van der Waals surface area (Å²) in [6, 6.07) is 12.8. The molecule has 3 aromatic rings. The van der Waals surface area contributed by atoms with Crippen molar-refractivity contribution in [3.63, 3.8) is 0 Å². The summed E-state index contributed by atoms with van der Waals surface area (Å²) < 4.78 is 8.08. The Morgan fingerprint density at radius 2 is 2.00 bits per heavy atom. The minimum Gasteiger partial charge on any atom is -0.485 e. The Balaban J connectivity index is 1.71. The number of rotatable bonds is 8. The molecule has 1 N–H and O–H groups in total. The molecule has 4 nitrogen and oxygen atoms in total. The summed E-state index contributed by atoms with van der Waals surface area (Å²) in [5.41, 5.74) is 4.39. The number of benzene rings is 1. The zero-order valence-corrected chi connectivity index (χ0v) is 15.3. The first-order valence-electron chi connectivity index (χ1n) is 9.04. The van der Waals surface area contributed by atoms with Crippen LogP contribution in [0.4, 0.5) is 0 Å². The molecule has 0 saturated heterocycles. The number of fused-ring (bicyclic) bond motifs is 1. The molecule has 132 valence electrons. The number of aromatic nitrogens is 2. The topological polar surface area (TPSA) is 38.6 Å². The maximum atomic E-state index is 6.03. The first kappa shape index (κ1) is 17.5. The molecule has 1 atom stereocenters. The second-order valence-corrected chi connectivity index (χ2v) is 6.67. The summed E-state index contributed by atoms with van der Waals surface area (Å²) in [5.74, 6) is 0.823. The fourth-order valence-corrected chi connectivity index (χ4v) is 2.87. The van der Waals surface area contributed by atoms with Crippen LogP contribution in [0.2, 0.25) is 0 Å². The van der Waals surface area contributed by atoms with Gasteiger partial charge in [0.25, 0.3) is 0 Å². The normalized spacial score (nSPS) is 12.4. The summed E-state index contributed by atoms with van der Waals surface area (Å²) in [6.07, 6.45) is 6.18. The van der Waals surface area contributed by atoms with Gasteiger partial charge in [-0.3, -0.25) is 0 Å². The third kappa shape index (κ3) is 4.60. The van der Waals surface area contributed by atoms with Crippen molar-refractivity contribution in [2.45, 2.75) is 46.3 Å². The number of nitrogens with one attached hydrogen (secondary N) is 1. The van der Waals surface area contributed by atoms with E-state index in [0.717, 1.165) is 42.0 Å². The lowest BCUT2D eigenvalue weighted by Gasteiger charge is -2.10. The van der Waals surface area contributed by atoms with E-state index < -0.39 is 0 Å². The summed E-state index contributed by atoms with van der Waals surface area (Å²) in [6.45, 7) is 8.07. The van der Waals surface area contributed by atoms with Crippen molar-refractivity contribution >= 4 is 5.65 Å². The van der Waals surface area contributed by atoms with Crippen molar-refractivity contribution in [1.82, 2.24) is 14.7 Å². The van der Waals surface area contributed by atoms with E-state index in [0.29, 0.717) is 12.6 Å². The molecule has 0 saturated carbocycles. The van der Waals surface area contributed by atoms with Gasteiger partial charge in [-0.15, -0.1) is 0 Å². The predicted octanol–water partition coefficient (Wildman–Crippen LogP) is 4.15. The van der Waals surface area contributed by atoms with Crippen molar-refractivity contribution < 1.29 is 4.74 Å². The van der Waals surface area contributed by atoms with Crippen molar-refractivity contribution in [1.29, 1.82) is 0 Å². The van der Waals surface area contributed by atoms with Gasteiger partial charge in [-0.05, 0) is 44.5 Å². The fourth-order valence-electron chi connectivity index (χ4n) is 2.87. The van der Waals surface area contributed by atoms with E-state index in [1.807, 2.05) is 22.7 Å². The average molecular weight is 337 g/mol. The van der Waals surface area contributed by atoms with Crippen molar-refractivity contribution in [3.8, 4) is 5.75 Å². The molecule has 0 radical (unpaired) electrons. The quantitative estimate of drug-likeness (QED) is 0.671. The van der Waals surface area contributed by atoms with Crippen LogP contribution >= 0.6 is 0 Å². The summed E-state index contributed by atoms with van der Waals surface area (Å²) in [4.78, 5) is 4.79. The molecule has 3 rings (SSSR count). The van der Waals surface area contributed by atoms with Crippen LogP contribution in [-0.4, -0.2) is 22.0 Å². The number of ether oxygens (including phenoxy) is 1. The van der Waals surface area contributed by atoms with E-state index >= 15 is 0 Å². The van der Waals surface area contributed by atoms with Crippen molar-refractivity contribution in [2.24, 2.45) is 0 Å². The number of aryl methyl sites for hydroxylation is 1. The number of hydrogen-bond donors (Lipinski definition) is 1. The molecule has 1 aromatic carbocycles. The monoisotopic (exact) mass is 337 g/mol. The van der Waals surface area contributed by atoms with Crippen LogP contribution in [-0.2, 0) is 13.0 Å². The van der Waals surface area contributed by atoms with Crippen LogP contribution < -0.4 is 10.1 Å². The molecular weight excluding hydrogens is 310 g/mol. The first-order valence-corrected chi connectivity index (χ1v) is 9.04. The van der Waals surface area contributed by atoms with Crippen LogP contribution in [0.5, 0.6) is 5.75 Å². The highest BCUT2D eigenvalue weighted by atomic mass is 16.5. The zero-order chi connectivity index (χ0) is 17.6. The van der Waals surface area contributed by atoms with Crippen LogP contribution in [0.15, 0.2) is 48.8 Å². The number of nitrogens with zero attached hydrogens (tertiary/aromatic N) is 2. The Morgan fingerprint density at radius 1 is 1.20 bits per heavy atom. The molecule has 0 bridgehead atoms. The van der Waals surface area contributed by atoms with Gasteiger partial charge < -0.3 is 14.5 Å². The maximum Gasteiger partial charge on any atom is 0.179 e. The molecular formula is C21H27N3O. The van der Waals surface area contributed by atoms with Gasteiger partial charge in [-0.1, -0.05) is 36.8 Å². The van der Waals surface area contributed by atoms with E-state index in [4.69, 9.17) is 9.72 Å². The third-order valence-electron chi connectivity index (χ3n) is 4.27. The summed E-state index contributed by atoms with van der Waals surface area (Å²) in [5, 5.41) is 3.51. The molecule has 2 aromatic heterocycles. The molecule has 0 aliphatic heterocycles. The highest BCUT2D eigenvalue weighted by Gasteiger charge is 2.10. The lowest BCUT2D eigenvalue weighted by molar-refractivity contribution is 0.308. The van der Waals surface area contributed by atoms with Gasteiger partial charge in [-0.25, -0.2) is 4.98 Å². The smallest absolute Gasteiger partial charge is 0.179 e. The van der Waals surface area contributed by atoms with Gasteiger partial charge in [0, 0.05) is 24.9 Å². The molecule has 25 heavy (non-hydrogen) atoms. The standard InChI is InChI=1S/C21H27N3O/c1-4-11-22-17(3)13-19-14-24-12-5-6-20(21(24)23-19)25-15-18-9-7-16(2)8-10-18/h5-10,12,14,17,22H,4,11,13,15H2,1-3H3. The lowest BCUT2D eigenvalue weighted by Crippen LogP contribution is -2.28. The fraction of sp³-hybridized carbons (Fsp3) is 0.381. The van der Waals surface area contributed by atoms with Gasteiger partial charge >= 0.3 is 0 Å². The van der Waals surface area contributed by atoms with Crippen LogP contribution in [0, 0.1) is 6.92 Å². The minimum absolute atomic E-state index is 0.418. The number of hydrogen-bond acceptors (Lipinski definition) is 3. The van der Waals surface area contributed by atoms with Gasteiger partial charge in [-0.2, -0.15) is 0 Å². The Hall–Kier alpha value is -2.33. The van der Waals surface area contributed by atoms with Crippen molar-refractivity contribution in [2.75, 3.05) is 6.54 Å². The second-order valence-electron chi connectivity index (χ2n) is 6.67. The van der Waals surface area contributed by atoms with E-state index in [-0.39, 0.29) is 0 Å². The molecule has 0 aliphatic carbocycles. The summed E-state index contributed by atoms with van der Waals surface area (Å²) >= 11 is 0. The zero-order valence-electron chi connectivity index (χ0n) is 15.3. The molecule has 0 amide bonds. The number of imidazole rings is 1. The van der Waals surface area contributed by atoms with E-state index in [1.165, 1.54) is 5.56 Å². The molecule has 0 fully saturated rings. The van der Waals surface area contributed by atoms with E-state index in [9.17, 15) is 0 Å². The highest BCUT2D eigenvalue weighted by Crippen LogP contribution is 2.21. The highest BCUT2D eigenvalue weighted by molar-refractivity contribution is 5.54. The second kappa shape index (κ2) is 8.17. The molecule has 0 spiro atoms. The first-order chi connectivity index (χ1) is 12.2. The van der Waals surface area contributed by atoms with E-state index in [1.54, 1.807) is 0 Å². The van der Waals surface area contributed by atoms with Crippen LogP contribution in [0.1, 0.15) is 37.1 Å². The van der Waals surface area contributed by atoms with Gasteiger partial charge in [0.1, 0.15) is 6.61 Å². The Morgan fingerprint density at radius 3 is 2.76 bits per heavy atom. The summed E-state index contributed by atoms with van der Waals surface area (Å²) in [7, 11) is 0. The SMILES string of the molecule is CCCNC(C)Cc1cn2cccc(OCc3ccc(C)cc3)c2n1. The van der Waals surface area contributed by atoms with Crippen LogP contribution in [0.25, 0.3) is 5.65 Å². The largest absolute Gasteiger partial charge is 0.485 e. The molecule has 2 heterocycles. The third-order valence-corrected chi connectivity index (χ3v) is 4.27. The Bertz CT molecular complexity index is 808. The molecule has 0 aliphatic rings. The van der Waals surface area contributed by atoms with Crippen molar-refractivity contribution in [3.05, 3.63) is 65.6 Å². The van der Waals surface area contributed by atoms with Gasteiger partial charge in [0.2, 0.25) is 0 Å². The average Bonchev–Trinajstić information content (AvgIpc) is 3.02. The number of pyridine rings is 1. The van der Waals surface area contributed by atoms with E-state index in [2.05, 4.69) is 56.6 Å². The molecule has 4 heteroatoms. The minimum atomic E-state index is 0.418. The Labute approximate surface area is 149 Å². The van der Waals surface area contributed by atoms with Gasteiger partial charge in [0.15, 0.2) is 11.4 Å².